The number of hydrogen-bond donors (Lipinski definition) is 0. The number of anilines is 1. The summed E-state index contributed by atoms with van der Waals surface area (Å²) in [6, 6.07) is 15.6. The van der Waals surface area contributed by atoms with Crippen molar-refractivity contribution in [3.63, 3.8) is 0 Å². The number of halogens is 1. The van der Waals surface area contributed by atoms with E-state index in [4.69, 9.17) is 0 Å². The third kappa shape index (κ3) is 2.57. The summed E-state index contributed by atoms with van der Waals surface area (Å²) in [6.07, 6.45) is 0. The SMILES string of the molecule is CN(c1cccc(Br)c1)S(=O)(=O)c1ccccc1. The number of rotatable bonds is 3. The third-order valence-corrected chi connectivity index (χ3v) is 4.87. The molecule has 0 amide bonds. The zero-order valence-electron chi connectivity index (χ0n) is 9.75. The Hall–Kier alpha value is -1.33. The second-order valence-electron chi connectivity index (χ2n) is 3.77. The summed E-state index contributed by atoms with van der Waals surface area (Å²) in [5.41, 5.74) is 0.619. The van der Waals surface area contributed by atoms with Crippen LogP contribution in [-0.2, 0) is 10.0 Å². The Balaban J connectivity index is 2.43. The van der Waals surface area contributed by atoms with Gasteiger partial charge in [0, 0.05) is 11.5 Å². The van der Waals surface area contributed by atoms with Gasteiger partial charge in [-0.25, -0.2) is 8.42 Å². The maximum Gasteiger partial charge on any atom is 0.264 e. The lowest BCUT2D eigenvalue weighted by Gasteiger charge is -2.19. The van der Waals surface area contributed by atoms with Crippen LogP contribution in [0.1, 0.15) is 0 Å². The van der Waals surface area contributed by atoms with Gasteiger partial charge in [-0.3, -0.25) is 4.31 Å². The molecule has 0 N–H and O–H groups in total. The maximum atomic E-state index is 12.4. The number of sulfonamides is 1. The van der Waals surface area contributed by atoms with Crippen molar-refractivity contribution >= 4 is 31.6 Å². The molecule has 2 rings (SSSR count). The second kappa shape index (κ2) is 5.12. The van der Waals surface area contributed by atoms with E-state index in [-0.39, 0.29) is 4.90 Å². The summed E-state index contributed by atoms with van der Waals surface area (Å²) in [7, 11) is -1.95. The minimum Gasteiger partial charge on any atom is -0.269 e. The fourth-order valence-electron chi connectivity index (χ4n) is 1.56. The van der Waals surface area contributed by atoms with Crippen LogP contribution in [-0.4, -0.2) is 15.5 Å². The van der Waals surface area contributed by atoms with Crippen molar-refractivity contribution in [3.05, 3.63) is 59.1 Å². The van der Waals surface area contributed by atoms with Crippen molar-refractivity contribution in [1.29, 1.82) is 0 Å². The van der Waals surface area contributed by atoms with Gasteiger partial charge >= 0.3 is 0 Å². The van der Waals surface area contributed by atoms with Crippen molar-refractivity contribution < 1.29 is 8.42 Å². The van der Waals surface area contributed by atoms with E-state index < -0.39 is 10.0 Å². The van der Waals surface area contributed by atoms with E-state index in [0.717, 1.165) is 4.47 Å². The summed E-state index contributed by atoms with van der Waals surface area (Å²) in [6.45, 7) is 0. The Morgan fingerprint density at radius 3 is 2.28 bits per heavy atom. The lowest BCUT2D eigenvalue weighted by Crippen LogP contribution is -2.26. The van der Waals surface area contributed by atoms with Crippen molar-refractivity contribution in [3.8, 4) is 0 Å². The maximum absolute atomic E-state index is 12.4. The fourth-order valence-corrected chi connectivity index (χ4v) is 3.16. The van der Waals surface area contributed by atoms with Crippen LogP contribution in [0, 0.1) is 0 Å². The molecule has 0 heterocycles. The minimum absolute atomic E-state index is 0.285. The quantitative estimate of drug-likeness (QED) is 0.868. The Kier molecular flexibility index (Phi) is 3.73. The minimum atomic E-state index is -3.50. The highest BCUT2D eigenvalue weighted by Crippen LogP contribution is 2.24. The molecule has 18 heavy (non-hydrogen) atoms. The molecule has 0 bridgehead atoms. The average Bonchev–Trinajstić information content (AvgIpc) is 2.39. The number of nitrogens with zero attached hydrogens (tertiary/aromatic N) is 1. The topological polar surface area (TPSA) is 37.4 Å². The summed E-state index contributed by atoms with van der Waals surface area (Å²) in [4.78, 5) is 0.285. The standard InChI is InChI=1S/C13H12BrNO2S/c1-15(12-7-5-6-11(14)10-12)18(16,17)13-8-3-2-4-9-13/h2-10H,1H3. The Labute approximate surface area is 115 Å². The molecule has 0 aliphatic heterocycles. The highest BCUT2D eigenvalue weighted by Gasteiger charge is 2.20. The molecule has 5 heteroatoms. The van der Waals surface area contributed by atoms with E-state index in [1.165, 1.54) is 4.31 Å². The average molecular weight is 326 g/mol. The lowest BCUT2D eigenvalue weighted by atomic mass is 10.3. The van der Waals surface area contributed by atoms with E-state index in [2.05, 4.69) is 15.9 Å². The molecule has 2 aromatic carbocycles. The molecule has 0 aliphatic carbocycles. The summed E-state index contributed by atoms with van der Waals surface area (Å²) in [5, 5.41) is 0. The predicted octanol–water partition coefficient (Wildman–Crippen LogP) is 3.27. The van der Waals surface area contributed by atoms with Gasteiger partial charge in [-0.2, -0.15) is 0 Å². The van der Waals surface area contributed by atoms with Crippen LogP contribution < -0.4 is 4.31 Å². The molecule has 94 valence electrons. The van der Waals surface area contributed by atoms with Crippen molar-refractivity contribution in [2.45, 2.75) is 4.90 Å². The van der Waals surface area contributed by atoms with Gasteiger partial charge in [0.1, 0.15) is 0 Å². The fraction of sp³-hybridized carbons (Fsp3) is 0.0769. The van der Waals surface area contributed by atoms with Crippen LogP contribution in [0.3, 0.4) is 0 Å². The predicted molar refractivity (Wildman–Crippen MR) is 76.2 cm³/mol. The van der Waals surface area contributed by atoms with Crippen LogP contribution >= 0.6 is 15.9 Å². The van der Waals surface area contributed by atoms with E-state index in [0.29, 0.717) is 5.69 Å². The second-order valence-corrected chi connectivity index (χ2v) is 6.65. The molecule has 0 unspecified atom stereocenters. The van der Waals surface area contributed by atoms with Crippen molar-refractivity contribution in [2.24, 2.45) is 0 Å². The smallest absolute Gasteiger partial charge is 0.264 e. The van der Waals surface area contributed by atoms with Crippen LogP contribution in [0.4, 0.5) is 5.69 Å². The van der Waals surface area contributed by atoms with E-state index >= 15 is 0 Å². The molecule has 3 nitrogen and oxygen atoms in total. The Morgan fingerprint density at radius 1 is 1.00 bits per heavy atom. The zero-order valence-corrected chi connectivity index (χ0v) is 12.1. The first-order chi connectivity index (χ1) is 8.51. The van der Waals surface area contributed by atoms with Gasteiger partial charge < -0.3 is 0 Å². The highest BCUT2D eigenvalue weighted by molar-refractivity contribution is 9.10. The largest absolute Gasteiger partial charge is 0.269 e. The monoisotopic (exact) mass is 325 g/mol. The van der Waals surface area contributed by atoms with Crippen molar-refractivity contribution in [1.82, 2.24) is 0 Å². The first-order valence-corrected chi connectivity index (χ1v) is 7.54. The van der Waals surface area contributed by atoms with Crippen LogP contribution in [0.2, 0.25) is 0 Å². The molecule has 0 atom stereocenters. The van der Waals surface area contributed by atoms with Gasteiger partial charge in [0.15, 0.2) is 0 Å². The molecule has 0 aromatic heterocycles. The molecular weight excluding hydrogens is 314 g/mol. The first-order valence-electron chi connectivity index (χ1n) is 5.31. The molecular formula is C13H12BrNO2S. The van der Waals surface area contributed by atoms with E-state index in [1.807, 2.05) is 6.07 Å². The van der Waals surface area contributed by atoms with Crippen LogP contribution in [0.25, 0.3) is 0 Å². The lowest BCUT2D eigenvalue weighted by molar-refractivity contribution is 0.594. The summed E-state index contributed by atoms with van der Waals surface area (Å²) >= 11 is 3.33. The zero-order chi connectivity index (χ0) is 13.2. The van der Waals surface area contributed by atoms with Gasteiger partial charge in [-0.1, -0.05) is 40.2 Å². The molecule has 0 radical (unpaired) electrons. The van der Waals surface area contributed by atoms with Gasteiger partial charge in [0.05, 0.1) is 10.6 Å². The van der Waals surface area contributed by atoms with Crippen LogP contribution in [0.15, 0.2) is 64.0 Å². The van der Waals surface area contributed by atoms with Crippen molar-refractivity contribution in [2.75, 3.05) is 11.4 Å². The third-order valence-electron chi connectivity index (χ3n) is 2.57. The van der Waals surface area contributed by atoms with E-state index in [9.17, 15) is 8.42 Å². The number of benzene rings is 2. The van der Waals surface area contributed by atoms with Crippen LogP contribution in [0.5, 0.6) is 0 Å². The molecule has 0 saturated carbocycles. The molecule has 2 aromatic rings. The molecule has 0 saturated heterocycles. The summed E-state index contributed by atoms with van der Waals surface area (Å²) in [5.74, 6) is 0. The Morgan fingerprint density at radius 2 is 1.67 bits per heavy atom. The molecule has 0 fully saturated rings. The Bertz CT molecular complexity index is 641. The van der Waals surface area contributed by atoms with Gasteiger partial charge in [0.25, 0.3) is 10.0 Å². The van der Waals surface area contributed by atoms with Gasteiger partial charge in [-0.15, -0.1) is 0 Å². The molecule has 0 spiro atoms. The normalized spacial score (nSPS) is 11.2. The first kappa shape index (κ1) is 13.1. The highest BCUT2D eigenvalue weighted by atomic mass is 79.9. The van der Waals surface area contributed by atoms with E-state index in [1.54, 1.807) is 55.6 Å². The van der Waals surface area contributed by atoms with Gasteiger partial charge in [-0.05, 0) is 30.3 Å². The van der Waals surface area contributed by atoms with Gasteiger partial charge in [0.2, 0.25) is 0 Å². The molecule has 0 aliphatic rings. The summed E-state index contributed by atoms with van der Waals surface area (Å²) < 4.78 is 26.8. The number of hydrogen-bond acceptors (Lipinski definition) is 2.